The SMILES string of the molecule is CCCC(C(CC(C)C)C(=O)N[C@@H](CCCN=C(N)N[N+](=O)[O-])C(=O)Nc1nccs1)N(O)C=O. The van der Waals surface area contributed by atoms with Gasteiger partial charge in [-0.25, -0.2) is 25.2 Å². The second-order valence-corrected chi connectivity index (χ2v) is 9.14. The zero-order valence-corrected chi connectivity index (χ0v) is 20.9. The van der Waals surface area contributed by atoms with Crippen molar-refractivity contribution >= 4 is 40.7 Å². The molecule has 0 aromatic carbocycles. The summed E-state index contributed by atoms with van der Waals surface area (Å²) in [5.74, 6) is -2.02. The third kappa shape index (κ3) is 11.1. The Kier molecular flexibility index (Phi) is 13.2. The maximum atomic E-state index is 13.3. The molecule has 196 valence electrons. The zero-order valence-electron chi connectivity index (χ0n) is 20.0. The Hall–Kier alpha value is -3.33. The number of nitrogens with two attached hydrogens (primary N) is 1. The minimum atomic E-state index is -0.980. The normalized spacial score (nSPS) is 14.0. The molecular formula is C20H34N8O6S. The van der Waals surface area contributed by atoms with Crippen molar-refractivity contribution in [3.63, 3.8) is 0 Å². The largest absolute Gasteiger partial charge is 0.365 e. The Labute approximate surface area is 207 Å². The number of nitrogens with zero attached hydrogens (tertiary/aromatic N) is 4. The van der Waals surface area contributed by atoms with E-state index in [-0.39, 0.29) is 37.7 Å². The number of aliphatic imine (C=N–C) groups is 1. The lowest BCUT2D eigenvalue weighted by atomic mass is 9.86. The quantitative estimate of drug-likeness (QED) is 0.0407. The van der Waals surface area contributed by atoms with Crippen LogP contribution in [0, 0.1) is 22.0 Å². The Morgan fingerprint density at radius 2 is 2.09 bits per heavy atom. The lowest BCUT2D eigenvalue weighted by molar-refractivity contribution is -0.525. The molecule has 1 heterocycles. The molecule has 1 aromatic rings. The van der Waals surface area contributed by atoms with Crippen LogP contribution in [-0.2, 0) is 14.4 Å². The van der Waals surface area contributed by atoms with Crippen molar-refractivity contribution in [3.8, 4) is 0 Å². The summed E-state index contributed by atoms with van der Waals surface area (Å²) in [6.45, 7) is 5.78. The topological polar surface area (TPSA) is 205 Å². The van der Waals surface area contributed by atoms with Gasteiger partial charge in [0.25, 0.3) is 5.96 Å². The molecule has 0 aliphatic carbocycles. The van der Waals surface area contributed by atoms with Gasteiger partial charge in [0.2, 0.25) is 18.2 Å². The third-order valence-corrected chi connectivity index (χ3v) is 5.68. The summed E-state index contributed by atoms with van der Waals surface area (Å²) in [4.78, 5) is 55.7. The van der Waals surface area contributed by atoms with Gasteiger partial charge in [-0.15, -0.1) is 11.3 Å². The predicted octanol–water partition coefficient (Wildman–Crippen LogP) is 1.12. The van der Waals surface area contributed by atoms with Gasteiger partial charge in [0.1, 0.15) is 6.04 Å². The van der Waals surface area contributed by atoms with E-state index >= 15 is 0 Å². The molecule has 3 amide bonds. The number of nitrogens with one attached hydrogen (secondary N) is 3. The van der Waals surface area contributed by atoms with Crippen molar-refractivity contribution < 1.29 is 24.6 Å². The molecule has 35 heavy (non-hydrogen) atoms. The van der Waals surface area contributed by atoms with Crippen LogP contribution in [0.1, 0.15) is 52.9 Å². The van der Waals surface area contributed by atoms with E-state index in [0.717, 1.165) is 0 Å². The Morgan fingerprint density at radius 3 is 2.63 bits per heavy atom. The molecule has 1 rings (SSSR count). The predicted molar refractivity (Wildman–Crippen MR) is 130 cm³/mol. The summed E-state index contributed by atoms with van der Waals surface area (Å²) in [5.41, 5.74) is 7.12. The molecule has 0 saturated carbocycles. The van der Waals surface area contributed by atoms with Crippen LogP contribution in [0.2, 0.25) is 0 Å². The highest BCUT2D eigenvalue weighted by molar-refractivity contribution is 7.13. The van der Waals surface area contributed by atoms with Crippen LogP contribution in [0.25, 0.3) is 0 Å². The molecule has 2 unspecified atom stereocenters. The molecule has 15 heteroatoms. The van der Waals surface area contributed by atoms with Crippen molar-refractivity contribution in [2.75, 3.05) is 11.9 Å². The fraction of sp³-hybridized carbons (Fsp3) is 0.650. The second kappa shape index (κ2) is 15.5. The average Bonchev–Trinajstić information content (AvgIpc) is 3.29. The molecule has 0 aliphatic rings. The number of anilines is 1. The molecule has 0 saturated heterocycles. The molecule has 14 nitrogen and oxygen atoms in total. The van der Waals surface area contributed by atoms with Crippen LogP contribution in [-0.4, -0.2) is 63.1 Å². The van der Waals surface area contributed by atoms with E-state index in [1.165, 1.54) is 17.5 Å². The molecule has 0 bridgehead atoms. The van der Waals surface area contributed by atoms with Gasteiger partial charge < -0.3 is 16.4 Å². The van der Waals surface area contributed by atoms with Gasteiger partial charge in [0.05, 0.1) is 12.0 Å². The van der Waals surface area contributed by atoms with Gasteiger partial charge in [-0.05, 0) is 31.6 Å². The number of thiazole rings is 1. The fourth-order valence-corrected chi connectivity index (χ4v) is 4.02. The summed E-state index contributed by atoms with van der Waals surface area (Å²) < 4.78 is 0. The molecule has 0 fully saturated rings. The number of hydrogen-bond donors (Lipinski definition) is 5. The minimum absolute atomic E-state index is 0.0764. The van der Waals surface area contributed by atoms with E-state index in [0.29, 0.717) is 29.5 Å². The van der Waals surface area contributed by atoms with E-state index in [1.54, 1.807) is 10.8 Å². The lowest BCUT2D eigenvalue weighted by Gasteiger charge is -2.32. The number of carbonyl (C=O) groups excluding carboxylic acids is 3. The molecule has 0 radical (unpaired) electrons. The van der Waals surface area contributed by atoms with E-state index in [4.69, 9.17) is 5.73 Å². The van der Waals surface area contributed by atoms with Gasteiger partial charge in [-0.2, -0.15) is 0 Å². The van der Waals surface area contributed by atoms with Crippen molar-refractivity contribution in [2.45, 2.75) is 65.0 Å². The highest BCUT2D eigenvalue weighted by Gasteiger charge is 2.34. The first-order valence-corrected chi connectivity index (χ1v) is 12.1. The number of rotatable bonds is 16. The van der Waals surface area contributed by atoms with Gasteiger partial charge in [0, 0.05) is 18.1 Å². The van der Waals surface area contributed by atoms with Gasteiger partial charge in [-0.3, -0.25) is 19.6 Å². The highest BCUT2D eigenvalue weighted by Crippen LogP contribution is 2.23. The van der Waals surface area contributed by atoms with Crippen LogP contribution >= 0.6 is 11.3 Å². The monoisotopic (exact) mass is 514 g/mol. The Morgan fingerprint density at radius 1 is 1.37 bits per heavy atom. The number of nitro groups is 1. The van der Waals surface area contributed by atoms with Crippen molar-refractivity contribution in [3.05, 3.63) is 21.7 Å². The summed E-state index contributed by atoms with van der Waals surface area (Å²) in [5, 5.41) is 27.6. The molecule has 0 aliphatic heterocycles. The van der Waals surface area contributed by atoms with Crippen molar-refractivity contribution in [1.29, 1.82) is 0 Å². The first kappa shape index (κ1) is 29.7. The van der Waals surface area contributed by atoms with E-state index in [1.807, 2.05) is 20.8 Å². The van der Waals surface area contributed by atoms with Gasteiger partial charge in [-0.1, -0.05) is 32.6 Å². The third-order valence-electron chi connectivity index (χ3n) is 4.99. The number of carbonyl (C=O) groups is 3. The minimum Gasteiger partial charge on any atom is -0.365 e. The van der Waals surface area contributed by atoms with E-state index < -0.39 is 34.8 Å². The lowest BCUT2D eigenvalue weighted by Crippen LogP contribution is -2.51. The average molecular weight is 515 g/mol. The Bertz CT molecular complexity index is 851. The number of amides is 3. The van der Waals surface area contributed by atoms with E-state index in [9.17, 15) is 29.7 Å². The molecule has 6 N–H and O–H groups in total. The zero-order chi connectivity index (χ0) is 26.4. The molecule has 1 aromatic heterocycles. The maximum absolute atomic E-state index is 13.3. The molecular weight excluding hydrogens is 480 g/mol. The smallest absolute Gasteiger partial charge is 0.251 e. The molecule has 0 spiro atoms. The van der Waals surface area contributed by atoms with Crippen LogP contribution in [0.15, 0.2) is 16.6 Å². The number of aromatic nitrogens is 1. The maximum Gasteiger partial charge on any atom is 0.251 e. The molecule has 3 atom stereocenters. The number of hydroxylamine groups is 2. The van der Waals surface area contributed by atoms with Gasteiger partial charge >= 0.3 is 0 Å². The first-order valence-electron chi connectivity index (χ1n) is 11.2. The standard InChI is InChI=1S/C20H34N8O6S/c1-4-6-16(27(32)12-29)14(11-13(2)3)17(30)24-15(18(31)25-20-23-9-10-35-20)7-5-8-22-19(21)26-28(33)34/h9-10,12-16,32H,4-8,11H2,1-3H3,(H,24,30)(H3,21,22,26)(H,23,25,31)/t14?,15-,16?/m0/s1. The van der Waals surface area contributed by atoms with Crippen LogP contribution in [0.5, 0.6) is 0 Å². The number of hydrogen-bond acceptors (Lipinski definition) is 9. The number of guanidine groups is 1. The van der Waals surface area contributed by atoms with Gasteiger partial charge in [0.15, 0.2) is 10.2 Å². The summed E-state index contributed by atoms with van der Waals surface area (Å²) >= 11 is 1.21. The summed E-state index contributed by atoms with van der Waals surface area (Å²) in [6, 6.07) is -1.73. The Balaban J connectivity index is 3.03. The van der Waals surface area contributed by atoms with Crippen molar-refractivity contribution in [1.82, 2.24) is 20.8 Å². The van der Waals surface area contributed by atoms with E-state index in [2.05, 4.69) is 20.6 Å². The van der Waals surface area contributed by atoms with Crippen molar-refractivity contribution in [2.24, 2.45) is 22.6 Å². The second-order valence-electron chi connectivity index (χ2n) is 8.24. The summed E-state index contributed by atoms with van der Waals surface area (Å²) in [6.07, 6.45) is 3.64. The highest BCUT2D eigenvalue weighted by atomic mass is 32.1. The van der Waals surface area contributed by atoms with Crippen LogP contribution < -0.4 is 21.8 Å². The van der Waals surface area contributed by atoms with Crippen LogP contribution in [0.4, 0.5) is 5.13 Å². The van der Waals surface area contributed by atoms with Crippen LogP contribution in [0.3, 0.4) is 0 Å². The fourth-order valence-electron chi connectivity index (χ4n) is 3.49. The summed E-state index contributed by atoms with van der Waals surface area (Å²) in [7, 11) is 0. The number of hydrazine groups is 1. The first-order chi connectivity index (χ1) is 16.6.